The van der Waals surface area contributed by atoms with Gasteiger partial charge in [-0.25, -0.2) is 4.98 Å². The number of amides is 1. The van der Waals surface area contributed by atoms with Crippen LogP contribution in [0.2, 0.25) is 0 Å². The van der Waals surface area contributed by atoms with Gasteiger partial charge in [0.15, 0.2) is 0 Å². The van der Waals surface area contributed by atoms with Gasteiger partial charge in [0, 0.05) is 11.8 Å². The molecule has 2 aromatic carbocycles. The van der Waals surface area contributed by atoms with Gasteiger partial charge in [-0.15, -0.1) is 13.2 Å². The Hall–Kier alpha value is -3.62. The van der Waals surface area contributed by atoms with Crippen molar-refractivity contribution in [3.05, 3.63) is 77.9 Å². The van der Waals surface area contributed by atoms with Gasteiger partial charge in [-0.05, 0) is 55.5 Å². The molecule has 0 saturated carbocycles. The molecule has 0 aliphatic heterocycles. The van der Waals surface area contributed by atoms with Crippen molar-refractivity contribution in [1.82, 2.24) is 4.98 Å². The van der Waals surface area contributed by atoms with Gasteiger partial charge in [-0.1, -0.05) is 6.07 Å². The molecule has 0 aliphatic rings. The Morgan fingerprint density at radius 1 is 0.966 bits per heavy atom. The lowest BCUT2D eigenvalue weighted by atomic mass is 10.2. The molecule has 1 aromatic heterocycles. The quantitative estimate of drug-likeness (QED) is 0.451. The minimum Gasteiger partial charge on any atom is -0.457 e. The summed E-state index contributed by atoms with van der Waals surface area (Å²) < 4.78 is 59.0. The van der Waals surface area contributed by atoms with E-state index in [1.165, 1.54) is 31.2 Å². The molecule has 150 valence electrons. The third-order valence-corrected chi connectivity index (χ3v) is 3.68. The van der Waals surface area contributed by atoms with Crippen molar-refractivity contribution in [2.75, 3.05) is 5.32 Å². The van der Waals surface area contributed by atoms with Crippen molar-refractivity contribution in [1.29, 1.82) is 0 Å². The number of pyridine rings is 1. The van der Waals surface area contributed by atoms with Crippen molar-refractivity contribution in [2.45, 2.75) is 13.3 Å². The Morgan fingerprint density at radius 3 is 2.31 bits per heavy atom. The molecule has 0 fully saturated rings. The van der Waals surface area contributed by atoms with E-state index in [-0.39, 0.29) is 22.8 Å². The normalized spacial score (nSPS) is 11.1. The average molecular weight is 406 g/mol. The van der Waals surface area contributed by atoms with E-state index >= 15 is 0 Å². The van der Waals surface area contributed by atoms with Gasteiger partial charge in [0.25, 0.3) is 5.91 Å². The van der Waals surface area contributed by atoms with Crippen LogP contribution in [0.4, 0.5) is 23.2 Å². The van der Waals surface area contributed by atoms with Gasteiger partial charge < -0.3 is 14.8 Å². The predicted octanol–water partition coefficient (Wildman–Crippen LogP) is 5.47. The molecule has 1 N–H and O–H groups in total. The van der Waals surface area contributed by atoms with Gasteiger partial charge in [-0.3, -0.25) is 4.79 Å². The number of nitrogens with zero attached hydrogens (tertiary/aromatic N) is 1. The molecule has 0 bridgehead atoms. The number of hydrogen-bond donors (Lipinski definition) is 1. The Morgan fingerprint density at radius 2 is 1.66 bits per heavy atom. The zero-order valence-electron chi connectivity index (χ0n) is 15.0. The van der Waals surface area contributed by atoms with Crippen LogP contribution in [0.3, 0.4) is 0 Å². The van der Waals surface area contributed by atoms with E-state index in [0.717, 1.165) is 18.2 Å². The van der Waals surface area contributed by atoms with E-state index in [0.29, 0.717) is 11.4 Å². The standard InChI is InChI=1S/C20H14F4N2O3/c1-12-17(9-10-18(21)25-12)19(27)26-13-3-2-4-16(11-13)28-14-5-7-15(8-6-14)29-20(22,23)24/h2-11H,1H3,(H,26,27). The number of halogens is 4. The van der Waals surface area contributed by atoms with Gasteiger partial charge in [0.2, 0.25) is 5.95 Å². The zero-order valence-corrected chi connectivity index (χ0v) is 15.0. The van der Waals surface area contributed by atoms with E-state index in [2.05, 4.69) is 15.0 Å². The second-order valence-corrected chi connectivity index (χ2v) is 5.87. The number of rotatable bonds is 5. The summed E-state index contributed by atoms with van der Waals surface area (Å²) in [6.07, 6.45) is -4.77. The van der Waals surface area contributed by atoms with Crippen LogP contribution in [0.1, 0.15) is 16.1 Å². The molecule has 0 aliphatic carbocycles. The maximum absolute atomic E-state index is 13.1. The summed E-state index contributed by atoms with van der Waals surface area (Å²) in [6.45, 7) is 1.52. The summed E-state index contributed by atoms with van der Waals surface area (Å²) in [5.41, 5.74) is 0.877. The fraction of sp³-hybridized carbons (Fsp3) is 0.100. The summed E-state index contributed by atoms with van der Waals surface area (Å²) in [4.78, 5) is 16.0. The van der Waals surface area contributed by atoms with Crippen LogP contribution in [0, 0.1) is 12.9 Å². The molecular formula is C20H14F4N2O3. The molecule has 0 spiro atoms. The topological polar surface area (TPSA) is 60.5 Å². The van der Waals surface area contributed by atoms with Crippen LogP contribution in [0.15, 0.2) is 60.7 Å². The molecule has 0 unspecified atom stereocenters. The van der Waals surface area contributed by atoms with Gasteiger partial charge in [0.05, 0.1) is 11.3 Å². The Balaban J connectivity index is 1.68. The lowest BCUT2D eigenvalue weighted by Gasteiger charge is -2.11. The highest BCUT2D eigenvalue weighted by molar-refractivity contribution is 6.05. The predicted molar refractivity (Wildman–Crippen MR) is 96.5 cm³/mol. The second-order valence-electron chi connectivity index (χ2n) is 5.87. The molecule has 1 heterocycles. The number of carbonyl (C=O) groups excluding carboxylic acids is 1. The Bertz CT molecular complexity index is 1020. The largest absolute Gasteiger partial charge is 0.573 e. The summed E-state index contributed by atoms with van der Waals surface area (Å²) in [5.74, 6) is -0.890. The van der Waals surface area contributed by atoms with Crippen LogP contribution in [-0.4, -0.2) is 17.3 Å². The van der Waals surface area contributed by atoms with Crippen LogP contribution in [-0.2, 0) is 0 Å². The molecule has 0 radical (unpaired) electrons. The van der Waals surface area contributed by atoms with Crippen molar-refractivity contribution in [2.24, 2.45) is 0 Å². The molecule has 9 heteroatoms. The summed E-state index contributed by atoms with van der Waals surface area (Å²) in [6, 6.07) is 13.7. The number of hydrogen-bond acceptors (Lipinski definition) is 4. The molecule has 0 saturated heterocycles. The first-order valence-electron chi connectivity index (χ1n) is 8.28. The summed E-state index contributed by atoms with van der Waals surface area (Å²) in [5, 5.41) is 2.65. The minimum atomic E-state index is -4.77. The Labute approximate surface area is 162 Å². The maximum Gasteiger partial charge on any atom is 0.573 e. The van der Waals surface area contributed by atoms with Crippen molar-refractivity contribution < 1.29 is 31.8 Å². The van der Waals surface area contributed by atoms with E-state index in [4.69, 9.17) is 4.74 Å². The highest BCUT2D eigenvalue weighted by Gasteiger charge is 2.31. The molecule has 3 rings (SSSR count). The molecule has 3 aromatic rings. The number of nitrogens with one attached hydrogen (secondary N) is 1. The first kappa shape index (κ1) is 20.1. The number of anilines is 1. The van der Waals surface area contributed by atoms with E-state index in [9.17, 15) is 22.4 Å². The number of ether oxygens (including phenoxy) is 2. The smallest absolute Gasteiger partial charge is 0.457 e. The SMILES string of the molecule is Cc1nc(F)ccc1C(=O)Nc1cccc(Oc2ccc(OC(F)(F)F)cc2)c1. The van der Waals surface area contributed by atoms with E-state index < -0.39 is 18.2 Å². The summed E-state index contributed by atoms with van der Waals surface area (Å²) in [7, 11) is 0. The zero-order chi connectivity index (χ0) is 21.0. The Kier molecular flexibility index (Phi) is 5.67. The molecular weight excluding hydrogens is 392 g/mol. The average Bonchev–Trinajstić information content (AvgIpc) is 2.62. The van der Waals surface area contributed by atoms with Gasteiger partial charge >= 0.3 is 6.36 Å². The number of alkyl halides is 3. The highest BCUT2D eigenvalue weighted by Crippen LogP contribution is 2.28. The molecule has 0 atom stereocenters. The number of benzene rings is 2. The number of aryl methyl sites for hydroxylation is 1. The van der Waals surface area contributed by atoms with E-state index in [1.807, 2.05) is 0 Å². The maximum atomic E-state index is 13.1. The minimum absolute atomic E-state index is 0.220. The molecule has 1 amide bonds. The van der Waals surface area contributed by atoms with Crippen molar-refractivity contribution in [3.63, 3.8) is 0 Å². The number of carbonyl (C=O) groups is 1. The van der Waals surface area contributed by atoms with Gasteiger partial charge in [-0.2, -0.15) is 4.39 Å². The monoisotopic (exact) mass is 406 g/mol. The van der Waals surface area contributed by atoms with Crippen molar-refractivity contribution in [3.8, 4) is 17.2 Å². The third-order valence-electron chi connectivity index (χ3n) is 3.68. The second kappa shape index (κ2) is 8.17. The molecule has 29 heavy (non-hydrogen) atoms. The highest BCUT2D eigenvalue weighted by atomic mass is 19.4. The van der Waals surface area contributed by atoms with Crippen LogP contribution < -0.4 is 14.8 Å². The third kappa shape index (κ3) is 5.68. The summed E-state index contributed by atoms with van der Waals surface area (Å²) >= 11 is 0. The first-order chi connectivity index (χ1) is 13.7. The molecule has 5 nitrogen and oxygen atoms in total. The van der Waals surface area contributed by atoms with Gasteiger partial charge in [0.1, 0.15) is 17.2 Å². The fourth-order valence-electron chi connectivity index (χ4n) is 2.45. The fourth-order valence-corrected chi connectivity index (χ4v) is 2.45. The lowest BCUT2D eigenvalue weighted by Crippen LogP contribution is -2.16. The van der Waals surface area contributed by atoms with Crippen LogP contribution in [0.25, 0.3) is 0 Å². The number of aromatic nitrogens is 1. The van der Waals surface area contributed by atoms with E-state index in [1.54, 1.807) is 18.2 Å². The first-order valence-corrected chi connectivity index (χ1v) is 8.28. The van der Waals surface area contributed by atoms with Crippen LogP contribution in [0.5, 0.6) is 17.2 Å². The lowest BCUT2D eigenvalue weighted by molar-refractivity contribution is -0.274. The van der Waals surface area contributed by atoms with Crippen LogP contribution >= 0.6 is 0 Å². The van der Waals surface area contributed by atoms with Crippen molar-refractivity contribution >= 4 is 11.6 Å².